The third-order valence-corrected chi connectivity index (χ3v) is 5.29. The van der Waals surface area contributed by atoms with Crippen molar-refractivity contribution in [1.82, 2.24) is 5.32 Å². The van der Waals surface area contributed by atoms with E-state index in [1.807, 2.05) is 24.3 Å². The van der Waals surface area contributed by atoms with Gasteiger partial charge in [0, 0.05) is 6.54 Å². The van der Waals surface area contributed by atoms with E-state index in [1.54, 1.807) is 4.31 Å². The maximum Gasteiger partial charge on any atom is 0.235 e. The summed E-state index contributed by atoms with van der Waals surface area (Å²) in [5.74, 6) is 0.243. The van der Waals surface area contributed by atoms with E-state index in [9.17, 15) is 8.42 Å². The van der Waals surface area contributed by atoms with Crippen LogP contribution in [0.1, 0.15) is 25.3 Å². The van der Waals surface area contributed by atoms with Gasteiger partial charge in [0.25, 0.3) is 0 Å². The van der Waals surface area contributed by atoms with E-state index >= 15 is 0 Å². The zero-order valence-corrected chi connectivity index (χ0v) is 12.2. The summed E-state index contributed by atoms with van der Waals surface area (Å²) in [6.45, 7) is 4.47. The summed E-state index contributed by atoms with van der Waals surface area (Å²) in [4.78, 5) is 0. The van der Waals surface area contributed by atoms with Crippen LogP contribution in [-0.2, 0) is 16.4 Å². The first-order chi connectivity index (χ1) is 9.15. The lowest BCUT2D eigenvalue weighted by Gasteiger charge is -2.19. The first kappa shape index (κ1) is 14.3. The van der Waals surface area contributed by atoms with E-state index in [0.29, 0.717) is 13.0 Å². The molecule has 1 aliphatic heterocycles. The largest absolute Gasteiger partial charge is 0.317 e. The van der Waals surface area contributed by atoms with Crippen molar-refractivity contribution in [2.24, 2.45) is 0 Å². The summed E-state index contributed by atoms with van der Waals surface area (Å²) < 4.78 is 26.2. The fourth-order valence-electron chi connectivity index (χ4n) is 2.42. The summed E-state index contributed by atoms with van der Waals surface area (Å²) >= 11 is 0. The second-order valence-electron chi connectivity index (χ2n) is 4.83. The minimum atomic E-state index is -3.16. The van der Waals surface area contributed by atoms with Crippen LogP contribution in [0.5, 0.6) is 0 Å². The van der Waals surface area contributed by atoms with Crippen LogP contribution < -0.4 is 9.62 Å². The molecule has 0 aromatic heterocycles. The SMILES string of the molecule is CCNCCCCS(=O)(=O)N1CCc2ccccc21. The molecule has 19 heavy (non-hydrogen) atoms. The van der Waals surface area contributed by atoms with E-state index in [4.69, 9.17) is 0 Å². The van der Waals surface area contributed by atoms with Gasteiger partial charge in [-0.15, -0.1) is 0 Å². The summed E-state index contributed by atoms with van der Waals surface area (Å²) in [6.07, 6.45) is 2.45. The second kappa shape index (κ2) is 6.39. The Hall–Kier alpha value is -1.07. The molecule has 5 heteroatoms. The number of sulfonamides is 1. The second-order valence-corrected chi connectivity index (χ2v) is 6.84. The van der Waals surface area contributed by atoms with E-state index < -0.39 is 10.0 Å². The Labute approximate surface area is 115 Å². The molecule has 0 bridgehead atoms. The first-order valence-corrected chi connectivity index (χ1v) is 8.55. The highest BCUT2D eigenvalue weighted by atomic mass is 32.2. The van der Waals surface area contributed by atoms with Crippen LogP contribution >= 0.6 is 0 Å². The molecule has 2 rings (SSSR count). The average Bonchev–Trinajstić information content (AvgIpc) is 2.83. The van der Waals surface area contributed by atoms with E-state index in [-0.39, 0.29) is 5.75 Å². The van der Waals surface area contributed by atoms with Crippen molar-refractivity contribution >= 4 is 15.7 Å². The van der Waals surface area contributed by atoms with Crippen molar-refractivity contribution in [2.75, 3.05) is 29.7 Å². The minimum Gasteiger partial charge on any atom is -0.317 e. The molecule has 0 unspecified atom stereocenters. The lowest BCUT2D eigenvalue weighted by atomic mass is 10.2. The Morgan fingerprint density at radius 2 is 2.05 bits per heavy atom. The van der Waals surface area contributed by atoms with Gasteiger partial charge in [-0.05, 0) is 44.0 Å². The van der Waals surface area contributed by atoms with Crippen LogP contribution in [0.4, 0.5) is 5.69 Å². The molecule has 0 spiro atoms. The minimum absolute atomic E-state index is 0.243. The van der Waals surface area contributed by atoms with Crippen molar-refractivity contribution in [3.05, 3.63) is 29.8 Å². The predicted molar refractivity (Wildman–Crippen MR) is 79.1 cm³/mol. The van der Waals surface area contributed by atoms with Gasteiger partial charge in [-0.2, -0.15) is 0 Å². The lowest BCUT2D eigenvalue weighted by molar-refractivity contribution is 0.584. The smallest absolute Gasteiger partial charge is 0.235 e. The Morgan fingerprint density at radius 3 is 2.84 bits per heavy atom. The highest BCUT2D eigenvalue weighted by Gasteiger charge is 2.28. The fraction of sp³-hybridized carbons (Fsp3) is 0.571. The van der Waals surface area contributed by atoms with E-state index in [1.165, 1.54) is 0 Å². The van der Waals surface area contributed by atoms with E-state index in [2.05, 4.69) is 12.2 Å². The van der Waals surface area contributed by atoms with Gasteiger partial charge in [-0.25, -0.2) is 8.42 Å². The molecule has 0 saturated carbocycles. The molecular formula is C14H22N2O2S. The highest BCUT2D eigenvalue weighted by molar-refractivity contribution is 7.92. The first-order valence-electron chi connectivity index (χ1n) is 6.94. The number of unbranched alkanes of at least 4 members (excludes halogenated alkanes) is 1. The van der Waals surface area contributed by atoms with Crippen LogP contribution in [0.2, 0.25) is 0 Å². The molecule has 1 aromatic rings. The Kier molecular flexibility index (Phi) is 4.82. The number of anilines is 1. The number of benzene rings is 1. The van der Waals surface area contributed by atoms with Gasteiger partial charge in [-0.3, -0.25) is 4.31 Å². The normalized spacial score (nSPS) is 14.7. The molecular weight excluding hydrogens is 260 g/mol. The fourth-order valence-corrected chi connectivity index (χ4v) is 4.05. The average molecular weight is 282 g/mol. The number of hydrogen-bond acceptors (Lipinski definition) is 3. The monoisotopic (exact) mass is 282 g/mol. The summed E-state index contributed by atoms with van der Waals surface area (Å²) in [5.41, 5.74) is 2.01. The Balaban J connectivity index is 1.94. The van der Waals surface area contributed by atoms with Crippen LogP contribution in [0, 0.1) is 0 Å². The molecule has 4 nitrogen and oxygen atoms in total. The van der Waals surface area contributed by atoms with Crippen molar-refractivity contribution in [3.63, 3.8) is 0 Å². The summed E-state index contributed by atoms with van der Waals surface area (Å²) in [5, 5.41) is 3.21. The number of para-hydroxylation sites is 1. The molecule has 0 radical (unpaired) electrons. The van der Waals surface area contributed by atoms with Crippen LogP contribution in [0.15, 0.2) is 24.3 Å². The van der Waals surface area contributed by atoms with Gasteiger partial charge >= 0.3 is 0 Å². The molecule has 0 amide bonds. The molecule has 0 aliphatic carbocycles. The van der Waals surface area contributed by atoms with Gasteiger partial charge in [-0.1, -0.05) is 25.1 Å². The molecule has 0 atom stereocenters. The van der Waals surface area contributed by atoms with Gasteiger partial charge < -0.3 is 5.32 Å². The molecule has 1 aliphatic rings. The molecule has 1 aromatic carbocycles. The zero-order chi connectivity index (χ0) is 13.7. The van der Waals surface area contributed by atoms with Gasteiger partial charge in [0.2, 0.25) is 10.0 Å². The molecule has 106 valence electrons. The Bertz CT molecular complexity index is 514. The van der Waals surface area contributed by atoms with Crippen LogP contribution in [0.25, 0.3) is 0 Å². The van der Waals surface area contributed by atoms with Crippen molar-refractivity contribution < 1.29 is 8.42 Å². The lowest BCUT2D eigenvalue weighted by Crippen LogP contribution is -2.31. The number of nitrogens with one attached hydrogen (secondary N) is 1. The number of rotatable bonds is 7. The number of hydrogen-bond donors (Lipinski definition) is 1. The van der Waals surface area contributed by atoms with Crippen molar-refractivity contribution in [2.45, 2.75) is 26.2 Å². The van der Waals surface area contributed by atoms with Gasteiger partial charge in [0.1, 0.15) is 0 Å². The molecule has 0 fully saturated rings. The molecule has 1 heterocycles. The maximum absolute atomic E-state index is 12.3. The number of fused-ring (bicyclic) bond motifs is 1. The quantitative estimate of drug-likeness (QED) is 0.775. The van der Waals surface area contributed by atoms with E-state index in [0.717, 1.165) is 37.2 Å². The maximum atomic E-state index is 12.3. The van der Waals surface area contributed by atoms with Gasteiger partial charge in [0.05, 0.1) is 11.4 Å². The van der Waals surface area contributed by atoms with Crippen molar-refractivity contribution in [3.8, 4) is 0 Å². The molecule has 1 N–H and O–H groups in total. The highest BCUT2D eigenvalue weighted by Crippen LogP contribution is 2.30. The number of nitrogens with zero attached hydrogens (tertiary/aromatic N) is 1. The van der Waals surface area contributed by atoms with Crippen molar-refractivity contribution in [1.29, 1.82) is 0 Å². The summed E-state index contributed by atoms with van der Waals surface area (Å²) in [6, 6.07) is 7.78. The predicted octanol–water partition coefficient (Wildman–Crippen LogP) is 1.77. The summed E-state index contributed by atoms with van der Waals surface area (Å²) in [7, 11) is -3.16. The third kappa shape index (κ3) is 3.48. The zero-order valence-electron chi connectivity index (χ0n) is 11.4. The molecule has 0 saturated heterocycles. The standard InChI is InChI=1S/C14H22N2O2S/c1-2-15-10-5-6-12-19(17,18)16-11-9-13-7-3-4-8-14(13)16/h3-4,7-8,15H,2,5-6,9-12H2,1H3. The topological polar surface area (TPSA) is 49.4 Å². The van der Waals surface area contributed by atoms with Crippen LogP contribution in [0.3, 0.4) is 0 Å². The Morgan fingerprint density at radius 1 is 1.26 bits per heavy atom. The van der Waals surface area contributed by atoms with Crippen LogP contribution in [-0.4, -0.2) is 33.8 Å². The third-order valence-electron chi connectivity index (χ3n) is 3.44. The van der Waals surface area contributed by atoms with Gasteiger partial charge in [0.15, 0.2) is 0 Å².